The van der Waals surface area contributed by atoms with E-state index in [2.05, 4.69) is 24.5 Å². The van der Waals surface area contributed by atoms with Crippen LogP contribution in [0.3, 0.4) is 0 Å². The lowest BCUT2D eigenvalue weighted by Gasteiger charge is -2.18. The third-order valence-electron chi connectivity index (χ3n) is 2.35. The summed E-state index contributed by atoms with van der Waals surface area (Å²) in [5, 5.41) is 6.01. The maximum atomic E-state index is 11.5. The van der Waals surface area contributed by atoms with Gasteiger partial charge in [0.15, 0.2) is 0 Å². The quantitative estimate of drug-likeness (QED) is 0.653. The number of amides is 1. The molecule has 3 nitrogen and oxygen atoms in total. The molecule has 0 aliphatic heterocycles. The van der Waals surface area contributed by atoms with Crippen LogP contribution < -0.4 is 10.6 Å². The van der Waals surface area contributed by atoms with Crippen LogP contribution in [-0.4, -0.2) is 25.5 Å². The Bertz CT molecular complexity index is 148. The Balaban J connectivity index is 3.94. The molecule has 0 rings (SSSR count). The highest BCUT2D eigenvalue weighted by Crippen LogP contribution is 2.10. The fraction of sp³-hybridized carbons (Fsp3) is 0.900. The third-order valence-corrected chi connectivity index (χ3v) is 2.35. The van der Waals surface area contributed by atoms with Crippen LogP contribution in [0.15, 0.2) is 0 Å². The summed E-state index contributed by atoms with van der Waals surface area (Å²) in [6.07, 6.45) is 1.83. The van der Waals surface area contributed by atoms with Crippen molar-refractivity contribution in [3.63, 3.8) is 0 Å². The van der Waals surface area contributed by atoms with Crippen molar-refractivity contribution in [1.82, 2.24) is 10.6 Å². The monoisotopic (exact) mass is 186 g/mol. The summed E-state index contributed by atoms with van der Waals surface area (Å²) in [5.41, 5.74) is 0. The van der Waals surface area contributed by atoms with Gasteiger partial charge in [0.2, 0.25) is 5.91 Å². The first kappa shape index (κ1) is 12.4. The minimum Gasteiger partial charge on any atom is -0.356 e. The van der Waals surface area contributed by atoms with Crippen molar-refractivity contribution in [2.24, 2.45) is 5.92 Å². The summed E-state index contributed by atoms with van der Waals surface area (Å²) in [4.78, 5) is 11.5. The van der Waals surface area contributed by atoms with Gasteiger partial charge in [-0.05, 0) is 33.7 Å². The number of carbonyl (C=O) groups excluding carboxylic acids is 1. The Kier molecular flexibility index (Phi) is 6.59. The van der Waals surface area contributed by atoms with Gasteiger partial charge in [-0.15, -0.1) is 0 Å². The molecule has 0 aromatic carbocycles. The van der Waals surface area contributed by atoms with Crippen molar-refractivity contribution in [2.75, 3.05) is 13.6 Å². The predicted octanol–water partition coefficient (Wildman–Crippen LogP) is 1.15. The molecular weight excluding hydrogens is 164 g/mol. The summed E-state index contributed by atoms with van der Waals surface area (Å²) >= 11 is 0. The van der Waals surface area contributed by atoms with Gasteiger partial charge in [-0.2, -0.15) is 0 Å². The zero-order chi connectivity index (χ0) is 10.3. The van der Waals surface area contributed by atoms with Gasteiger partial charge < -0.3 is 10.6 Å². The average Bonchev–Trinajstić information content (AvgIpc) is 2.14. The molecule has 0 aliphatic carbocycles. The maximum absolute atomic E-state index is 11.5. The highest BCUT2D eigenvalue weighted by atomic mass is 16.1. The van der Waals surface area contributed by atoms with Crippen LogP contribution in [0.25, 0.3) is 0 Å². The molecule has 0 bridgehead atoms. The van der Waals surface area contributed by atoms with Gasteiger partial charge in [0.1, 0.15) is 0 Å². The summed E-state index contributed by atoms with van der Waals surface area (Å²) in [6, 6.07) is 0.410. The molecule has 0 spiro atoms. The molecule has 0 saturated heterocycles. The van der Waals surface area contributed by atoms with Crippen LogP contribution >= 0.6 is 0 Å². The lowest BCUT2D eigenvalue weighted by molar-refractivity contribution is -0.125. The van der Waals surface area contributed by atoms with E-state index in [9.17, 15) is 4.79 Å². The van der Waals surface area contributed by atoms with Crippen LogP contribution in [0.5, 0.6) is 0 Å². The molecule has 78 valence electrons. The SMILES string of the molecule is CCNC(=O)C(CC)CC(C)NC. The molecule has 1 amide bonds. The smallest absolute Gasteiger partial charge is 0.223 e. The van der Waals surface area contributed by atoms with Crippen LogP contribution in [0.1, 0.15) is 33.6 Å². The number of carbonyl (C=O) groups is 1. The van der Waals surface area contributed by atoms with Crippen LogP contribution in [0.4, 0.5) is 0 Å². The van der Waals surface area contributed by atoms with Crippen molar-refractivity contribution in [1.29, 1.82) is 0 Å². The van der Waals surface area contributed by atoms with Gasteiger partial charge in [0.25, 0.3) is 0 Å². The van der Waals surface area contributed by atoms with Crippen LogP contribution in [0, 0.1) is 5.92 Å². The fourth-order valence-electron chi connectivity index (χ4n) is 1.32. The molecule has 0 aromatic rings. The van der Waals surface area contributed by atoms with Crippen molar-refractivity contribution in [2.45, 2.75) is 39.7 Å². The van der Waals surface area contributed by atoms with E-state index in [1.807, 2.05) is 14.0 Å². The molecule has 3 heteroatoms. The molecule has 0 aliphatic rings. The fourth-order valence-corrected chi connectivity index (χ4v) is 1.32. The van der Waals surface area contributed by atoms with E-state index >= 15 is 0 Å². The Morgan fingerprint density at radius 3 is 2.38 bits per heavy atom. The molecule has 0 heterocycles. The molecule has 0 fully saturated rings. The molecule has 2 N–H and O–H groups in total. The Labute approximate surface area is 81.3 Å². The summed E-state index contributed by atoms with van der Waals surface area (Å²) in [6.45, 7) is 6.83. The first-order valence-electron chi connectivity index (χ1n) is 5.10. The second kappa shape index (κ2) is 6.89. The first-order chi connectivity index (χ1) is 6.15. The maximum Gasteiger partial charge on any atom is 0.223 e. The minimum atomic E-state index is 0.155. The second-order valence-corrected chi connectivity index (χ2v) is 3.43. The molecule has 0 saturated carbocycles. The van der Waals surface area contributed by atoms with Crippen LogP contribution in [0.2, 0.25) is 0 Å². The van der Waals surface area contributed by atoms with Crippen LogP contribution in [-0.2, 0) is 4.79 Å². The van der Waals surface area contributed by atoms with Gasteiger partial charge >= 0.3 is 0 Å². The van der Waals surface area contributed by atoms with Gasteiger partial charge in [0, 0.05) is 18.5 Å². The zero-order valence-electron chi connectivity index (χ0n) is 9.18. The van der Waals surface area contributed by atoms with E-state index in [0.29, 0.717) is 6.04 Å². The minimum absolute atomic E-state index is 0.155. The summed E-state index contributed by atoms with van der Waals surface area (Å²) in [7, 11) is 1.93. The van der Waals surface area contributed by atoms with E-state index in [-0.39, 0.29) is 11.8 Å². The summed E-state index contributed by atoms with van der Waals surface area (Å²) < 4.78 is 0. The van der Waals surface area contributed by atoms with Gasteiger partial charge in [0.05, 0.1) is 0 Å². The molecule has 0 aromatic heterocycles. The Hall–Kier alpha value is -0.570. The van der Waals surface area contributed by atoms with E-state index in [4.69, 9.17) is 0 Å². The summed E-state index contributed by atoms with van der Waals surface area (Å²) in [5.74, 6) is 0.342. The highest BCUT2D eigenvalue weighted by Gasteiger charge is 2.17. The molecule has 0 radical (unpaired) electrons. The van der Waals surface area contributed by atoms with E-state index in [1.54, 1.807) is 0 Å². The van der Waals surface area contributed by atoms with Crippen molar-refractivity contribution < 1.29 is 4.79 Å². The third kappa shape index (κ3) is 4.88. The normalized spacial score (nSPS) is 15.1. The molecule has 2 atom stereocenters. The van der Waals surface area contributed by atoms with Crippen molar-refractivity contribution >= 4 is 5.91 Å². The van der Waals surface area contributed by atoms with Crippen molar-refractivity contribution in [3.8, 4) is 0 Å². The number of hydrogen-bond donors (Lipinski definition) is 2. The molecule has 2 unspecified atom stereocenters. The van der Waals surface area contributed by atoms with Gasteiger partial charge in [-0.3, -0.25) is 4.79 Å². The average molecular weight is 186 g/mol. The van der Waals surface area contributed by atoms with Crippen molar-refractivity contribution in [3.05, 3.63) is 0 Å². The topological polar surface area (TPSA) is 41.1 Å². The lowest BCUT2D eigenvalue weighted by atomic mass is 9.97. The molecular formula is C10H22N2O. The number of hydrogen-bond acceptors (Lipinski definition) is 2. The molecule has 13 heavy (non-hydrogen) atoms. The number of nitrogens with one attached hydrogen (secondary N) is 2. The van der Waals surface area contributed by atoms with E-state index in [1.165, 1.54) is 0 Å². The largest absolute Gasteiger partial charge is 0.356 e. The van der Waals surface area contributed by atoms with E-state index < -0.39 is 0 Å². The van der Waals surface area contributed by atoms with Gasteiger partial charge in [-0.25, -0.2) is 0 Å². The lowest BCUT2D eigenvalue weighted by Crippen LogP contribution is -2.34. The zero-order valence-corrected chi connectivity index (χ0v) is 9.18. The number of rotatable bonds is 6. The Morgan fingerprint density at radius 2 is 2.00 bits per heavy atom. The van der Waals surface area contributed by atoms with Gasteiger partial charge in [-0.1, -0.05) is 6.92 Å². The van der Waals surface area contributed by atoms with E-state index in [0.717, 1.165) is 19.4 Å². The highest BCUT2D eigenvalue weighted by molar-refractivity contribution is 5.78. The first-order valence-corrected chi connectivity index (χ1v) is 5.10. The second-order valence-electron chi connectivity index (χ2n) is 3.43. The standard InChI is InChI=1S/C10H22N2O/c1-5-9(7-8(3)11-4)10(13)12-6-2/h8-9,11H,5-7H2,1-4H3,(H,12,13). The predicted molar refractivity (Wildman–Crippen MR) is 55.6 cm³/mol. The Morgan fingerprint density at radius 1 is 1.38 bits per heavy atom.